The van der Waals surface area contributed by atoms with Gasteiger partial charge in [0, 0.05) is 17.1 Å². The van der Waals surface area contributed by atoms with Gasteiger partial charge in [-0.2, -0.15) is 0 Å². The molecule has 0 radical (unpaired) electrons. The summed E-state index contributed by atoms with van der Waals surface area (Å²) in [5.74, 6) is -0.421. The van der Waals surface area contributed by atoms with Crippen LogP contribution >= 0.6 is 15.9 Å². The average Bonchev–Trinajstić information content (AvgIpc) is 2.73. The molecule has 9 heteroatoms. The smallest absolute Gasteiger partial charge is 0.266 e. The number of carbonyl (C=O) groups is 1. The minimum atomic E-state index is -4.12. The Balaban J connectivity index is 1.72. The van der Waals surface area contributed by atoms with Crippen LogP contribution in [0.15, 0.2) is 58.0 Å². The van der Waals surface area contributed by atoms with Gasteiger partial charge in [-0.25, -0.2) is 13.1 Å². The normalized spacial score (nSPS) is 16.0. The van der Waals surface area contributed by atoms with Crippen molar-refractivity contribution in [1.29, 1.82) is 0 Å². The van der Waals surface area contributed by atoms with E-state index in [1.807, 2.05) is 0 Å². The molecule has 29 heavy (non-hydrogen) atoms. The molecule has 1 amide bonds. The van der Waals surface area contributed by atoms with E-state index in [4.69, 9.17) is 9.47 Å². The van der Waals surface area contributed by atoms with E-state index >= 15 is 0 Å². The predicted molar refractivity (Wildman–Crippen MR) is 111 cm³/mol. The van der Waals surface area contributed by atoms with E-state index in [9.17, 15) is 13.2 Å². The average molecular weight is 477 g/mol. The molecule has 3 aromatic rings. The second-order valence-electron chi connectivity index (χ2n) is 6.48. The summed E-state index contributed by atoms with van der Waals surface area (Å²) < 4.78 is 39.9. The molecular formula is C20H17BrN2O5S. The van der Waals surface area contributed by atoms with Crippen molar-refractivity contribution in [3.05, 3.63) is 58.7 Å². The molecule has 2 heterocycles. The number of sulfonamides is 1. The van der Waals surface area contributed by atoms with Crippen LogP contribution in [0, 0.1) is 0 Å². The first kappa shape index (κ1) is 19.7. The van der Waals surface area contributed by atoms with Gasteiger partial charge in [-0.3, -0.25) is 9.78 Å². The van der Waals surface area contributed by atoms with Gasteiger partial charge in [-0.1, -0.05) is 18.2 Å². The Bertz CT molecular complexity index is 1210. The molecule has 0 aliphatic carbocycles. The first-order valence-electron chi connectivity index (χ1n) is 8.82. The van der Waals surface area contributed by atoms with Crippen LogP contribution in [-0.2, 0) is 14.8 Å². The van der Waals surface area contributed by atoms with E-state index in [-0.39, 0.29) is 11.5 Å². The number of fused-ring (bicyclic) bond motifs is 2. The highest BCUT2D eigenvalue weighted by Crippen LogP contribution is 2.44. The Hall–Kier alpha value is -2.65. The number of amides is 1. The van der Waals surface area contributed by atoms with Crippen molar-refractivity contribution in [3.63, 3.8) is 0 Å². The predicted octanol–water partition coefficient (Wildman–Crippen LogP) is 3.38. The number of carbonyl (C=O) groups excluding carboxylic acids is 1. The molecule has 1 N–H and O–H groups in total. The molecule has 0 saturated heterocycles. The molecule has 0 saturated carbocycles. The van der Waals surface area contributed by atoms with Crippen molar-refractivity contribution in [2.24, 2.45) is 0 Å². The number of para-hydroxylation sites is 1. The first-order chi connectivity index (χ1) is 13.9. The Morgan fingerprint density at radius 3 is 2.83 bits per heavy atom. The lowest BCUT2D eigenvalue weighted by Crippen LogP contribution is -2.37. The van der Waals surface area contributed by atoms with Crippen molar-refractivity contribution in [1.82, 2.24) is 9.71 Å². The third-order valence-electron chi connectivity index (χ3n) is 4.77. The number of methoxy groups -OCH3 is 1. The van der Waals surface area contributed by atoms with Crippen LogP contribution < -0.4 is 14.2 Å². The number of nitrogens with one attached hydrogen (secondary N) is 1. The molecule has 1 atom stereocenters. The van der Waals surface area contributed by atoms with Gasteiger partial charge in [0.1, 0.15) is 16.4 Å². The van der Waals surface area contributed by atoms with Crippen LogP contribution in [0.2, 0.25) is 0 Å². The first-order valence-corrected chi connectivity index (χ1v) is 11.1. The van der Waals surface area contributed by atoms with Crippen LogP contribution in [-0.4, -0.2) is 33.0 Å². The molecule has 1 aromatic heterocycles. The largest absolute Gasteiger partial charge is 0.496 e. The van der Waals surface area contributed by atoms with E-state index in [1.54, 1.807) is 36.4 Å². The summed E-state index contributed by atoms with van der Waals surface area (Å²) in [6.07, 6.45) is 1.84. The maximum atomic E-state index is 13.0. The molecule has 7 nitrogen and oxygen atoms in total. The molecule has 4 rings (SSSR count). The van der Waals surface area contributed by atoms with Crippen molar-refractivity contribution in [2.75, 3.05) is 13.7 Å². The van der Waals surface area contributed by atoms with Crippen LogP contribution in [0.5, 0.6) is 11.5 Å². The molecule has 1 aliphatic rings. The standard InChI is InChI=1S/C20H17BrN2O5S/c1-27-15-8-7-14(21)19-17(15)13(9-11-28-19)20(24)23-29(25,26)16-6-2-4-12-5-3-10-22-18(12)16/h2-8,10,13H,9,11H2,1H3,(H,23,24). The van der Waals surface area contributed by atoms with Gasteiger partial charge in [0.25, 0.3) is 10.0 Å². The number of hydrogen-bond acceptors (Lipinski definition) is 6. The topological polar surface area (TPSA) is 94.6 Å². The van der Waals surface area contributed by atoms with Gasteiger partial charge in [-0.05, 0) is 46.6 Å². The Labute approximate surface area is 176 Å². The summed E-state index contributed by atoms with van der Waals surface area (Å²) in [6.45, 7) is 0.284. The molecule has 1 unspecified atom stereocenters. The van der Waals surface area contributed by atoms with Crippen molar-refractivity contribution >= 4 is 42.8 Å². The minimum absolute atomic E-state index is 0.0440. The van der Waals surface area contributed by atoms with Crippen LogP contribution in [0.25, 0.3) is 10.9 Å². The number of aromatic nitrogens is 1. The fourth-order valence-electron chi connectivity index (χ4n) is 3.45. The highest BCUT2D eigenvalue weighted by molar-refractivity contribution is 9.10. The highest BCUT2D eigenvalue weighted by Gasteiger charge is 2.35. The third-order valence-corrected chi connectivity index (χ3v) is 6.77. The van der Waals surface area contributed by atoms with Gasteiger partial charge in [0.05, 0.1) is 29.6 Å². The fraction of sp³-hybridized carbons (Fsp3) is 0.200. The lowest BCUT2D eigenvalue weighted by Gasteiger charge is -2.27. The number of benzene rings is 2. The van der Waals surface area contributed by atoms with Crippen LogP contribution in [0.1, 0.15) is 17.9 Å². The van der Waals surface area contributed by atoms with Crippen molar-refractivity contribution < 1.29 is 22.7 Å². The molecular weight excluding hydrogens is 460 g/mol. The van der Waals surface area contributed by atoms with Crippen molar-refractivity contribution in [3.8, 4) is 11.5 Å². The summed E-state index contributed by atoms with van der Waals surface area (Å²) in [5.41, 5.74) is 0.833. The number of hydrogen-bond donors (Lipinski definition) is 1. The number of nitrogens with zero attached hydrogens (tertiary/aromatic N) is 1. The van der Waals surface area contributed by atoms with Gasteiger partial charge in [0.2, 0.25) is 5.91 Å². The molecule has 2 aromatic carbocycles. The van der Waals surface area contributed by atoms with Gasteiger partial charge < -0.3 is 9.47 Å². The summed E-state index contributed by atoms with van der Waals surface area (Å²) in [4.78, 5) is 17.1. The van der Waals surface area contributed by atoms with Gasteiger partial charge >= 0.3 is 0 Å². The summed E-state index contributed by atoms with van der Waals surface area (Å²) in [5, 5.41) is 0.671. The second-order valence-corrected chi connectivity index (χ2v) is 8.99. The van der Waals surface area contributed by atoms with E-state index in [2.05, 4.69) is 25.6 Å². The number of ether oxygens (including phenoxy) is 2. The van der Waals surface area contributed by atoms with E-state index in [0.717, 1.165) is 0 Å². The Morgan fingerprint density at radius 2 is 2.03 bits per heavy atom. The number of pyridine rings is 1. The van der Waals surface area contributed by atoms with Gasteiger partial charge in [0.15, 0.2) is 0 Å². The highest BCUT2D eigenvalue weighted by atomic mass is 79.9. The second kappa shape index (κ2) is 7.64. The lowest BCUT2D eigenvalue weighted by atomic mass is 9.91. The summed E-state index contributed by atoms with van der Waals surface area (Å²) in [6, 6.07) is 11.8. The zero-order valence-electron chi connectivity index (χ0n) is 15.4. The molecule has 0 bridgehead atoms. The summed E-state index contributed by atoms with van der Waals surface area (Å²) >= 11 is 3.41. The van der Waals surface area contributed by atoms with Crippen molar-refractivity contribution in [2.45, 2.75) is 17.2 Å². The van der Waals surface area contributed by atoms with Crippen LogP contribution in [0.4, 0.5) is 0 Å². The molecule has 0 spiro atoms. The number of halogens is 1. The molecule has 150 valence electrons. The van der Waals surface area contributed by atoms with E-state index < -0.39 is 21.8 Å². The zero-order valence-corrected chi connectivity index (χ0v) is 17.8. The number of rotatable bonds is 4. The van der Waals surface area contributed by atoms with Crippen LogP contribution in [0.3, 0.4) is 0 Å². The summed E-state index contributed by atoms with van der Waals surface area (Å²) in [7, 11) is -2.63. The SMILES string of the molecule is COc1ccc(Br)c2c1C(C(=O)NS(=O)(=O)c1cccc3cccnc13)CCO2. The minimum Gasteiger partial charge on any atom is -0.496 e. The Morgan fingerprint density at radius 1 is 1.24 bits per heavy atom. The van der Waals surface area contributed by atoms with E-state index in [1.165, 1.54) is 19.4 Å². The monoisotopic (exact) mass is 476 g/mol. The quantitative estimate of drug-likeness (QED) is 0.620. The molecule has 1 aliphatic heterocycles. The third kappa shape index (κ3) is 3.56. The molecule has 0 fully saturated rings. The Kier molecular flexibility index (Phi) is 5.18. The van der Waals surface area contributed by atoms with Gasteiger partial charge in [-0.15, -0.1) is 0 Å². The van der Waals surface area contributed by atoms with E-state index in [0.29, 0.717) is 38.9 Å². The zero-order chi connectivity index (χ0) is 20.6. The fourth-order valence-corrected chi connectivity index (χ4v) is 5.11. The maximum absolute atomic E-state index is 13.0. The lowest BCUT2D eigenvalue weighted by molar-refractivity contribution is -0.121. The maximum Gasteiger partial charge on any atom is 0.266 e.